The first-order valence-corrected chi connectivity index (χ1v) is 17.9. The summed E-state index contributed by atoms with van der Waals surface area (Å²) in [5, 5.41) is 33.8. The van der Waals surface area contributed by atoms with E-state index in [1.807, 2.05) is 0 Å². The SMILES string of the molecule is C1CCC2C3NC(NC4NC(NC5NC(NC6NC(N3)C3CCCCC63)C3CCCCC53)C3CCCCC43)C2C1.[PoH2]. The van der Waals surface area contributed by atoms with E-state index in [0.29, 0.717) is 49.3 Å². The Kier molecular flexibility index (Phi) is 8.54. The van der Waals surface area contributed by atoms with Crippen LogP contribution in [0.2, 0.25) is 0 Å². The van der Waals surface area contributed by atoms with Gasteiger partial charge in [-0.1, -0.05) is 51.4 Å². The van der Waals surface area contributed by atoms with Gasteiger partial charge in [-0.25, -0.2) is 0 Å². The fourth-order valence-corrected chi connectivity index (χ4v) is 12.0. The molecule has 9 rings (SSSR count). The number of fused-ring (bicyclic) bond motifs is 20. The van der Waals surface area contributed by atoms with Crippen LogP contribution in [0.15, 0.2) is 0 Å². The molecule has 9 aliphatic rings. The van der Waals surface area contributed by atoms with E-state index in [1.165, 1.54) is 103 Å². The van der Waals surface area contributed by atoms with Crippen molar-refractivity contribution in [3.63, 3.8) is 0 Å². The zero-order valence-electron chi connectivity index (χ0n) is 25.1. The summed E-state index contributed by atoms with van der Waals surface area (Å²) in [6.07, 6.45) is 25.6. The van der Waals surface area contributed by atoms with Crippen molar-refractivity contribution in [3.05, 3.63) is 0 Å². The second-order valence-electron chi connectivity index (χ2n) is 15.6. The first-order valence-electron chi connectivity index (χ1n) is 17.9. The molecule has 0 aromatic rings. The van der Waals surface area contributed by atoms with Crippen LogP contribution >= 0.6 is 0 Å². The average molecular weight is 764 g/mol. The summed E-state index contributed by atoms with van der Waals surface area (Å²) in [6.45, 7) is 0. The molecule has 8 unspecified atom stereocenters. The van der Waals surface area contributed by atoms with E-state index in [9.17, 15) is 0 Å². The minimum atomic E-state index is 0. The van der Waals surface area contributed by atoms with Crippen LogP contribution in [0, 0.1) is 47.3 Å². The van der Waals surface area contributed by atoms with Crippen LogP contribution in [0.1, 0.15) is 103 Å². The van der Waals surface area contributed by atoms with Crippen LogP contribution in [-0.4, -0.2) is 75.9 Å². The van der Waals surface area contributed by atoms with Gasteiger partial charge in [0.15, 0.2) is 0 Å². The Labute approximate surface area is 267 Å². The molecular formula is C32H58N8Po. The van der Waals surface area contributed by atoms with Gasteiger partial charge in [-0.3, -0.25) is 42.5 Å². The number of rotatable bonds is 0. The summed E-state index contributed by atoms with van der Waals surface area (Å²) in [6, 6.07) is 0. The Morgan fingerprint density at radius 3 is 0.463 bits per heavy atom. The minimum absolute atomic E-state index is 0. The molecule has 5 saturated heterocycles. The Balaban J connectivity index is 0.00000256. The van der Waals surface area contributed by atoms with Crippen molar-refractivity contribution in [2.45, 2.75) is 152 Å². The standard InChI is InChI=1S/C32H56N8.Po.2H/c1-2-10-18-17(9-1)25-33-26(18)38-28-21-13-5-6-14-22(21)30(35-28)40-32-24-16-8-7-15-23(24)31(36-32)39-29-20-12-4-3-11-19(20)27(34-29)37-25;;;/h17-40H,1-16H2;;;. The molecule has 8 bridgehead atoms. The van der Waals surface area contributed by atoms with Gasteiger partial charge in [0.05, 0.1) is 49.3 Å². The van der Waals surface area contributed by atoms with Crippen LogP contribution in [0.5, 0.6) is 0 Å². The van der Waals surface area contributed by atoms with Gasteiger partial charge in [0.1, 0.15) is 0 Å². The molecule has 0 spiro atoms. The zero-order valence-corrected chi connectivity index (χ0v) is 28.9. The third-order valence-corrected chi connectivity index (χ3v) is 13.8. The van der Waals surface area contributed by atoms with Gasteiger partial charge >= 0.3 is 26.6 Å². The fraction of sp³-hybridized carbons (Fsp3) is 1.00. The maximum absolute atomic E-state index is 4.26. The van der Waals surface area contributed by atoms with Gasteiger partial charge in [0.25, 0.3) is 0 Å². The van der Waals surface area contributed by atoms with Crippen LogP contribution < -0.4 is 42.5 Å². The maximum atomic E-state index is 4.26. The van der Waals surface area contributed by atoms with Crippen molar-refractivity contribution < 1.29 is 0 Å². The molecule has 41 heavy (non-hydrogen) atoms. The van der Waals surface area contributed by atoms with E-state index in [-0.39, 0.29) is 26.6 Å². The van der Waals surface area contributed by atoms with E-state index < -0.39 is 0 Å². The van der Waals surface area contributed by atoms with Gasteiger partial charge in [-0.2, -0.15) is 0 Å². The van der Waals surface area contributed by atoms with Crippen LogP contribution in [0.4, 0.5) is 0 Å². The summed E-state index contributed by atoms with van der Waals surface area (Å²) in [5.41, 5.74) is 0. The van der Waals surface area contributed by atoms with Gasteiger partial charge < -0.3 is 0 Å². The normalized spacial score (nSPS) is 56.2. The topological polar surface area (TPSA) is 96.2 Å². The predicted octanol–water partition coefficient (Wildman–Crippen LogP) is 1.69. The molecule has 0 aromatic heterocycles. The summed E-state index contributed by atoms with van der Waals surface area (Å²) in [5.74, 6) is 5.97. The third kappa shape index (κ3) is 5.12. The number of hydrogen-bond acceptors (Lipinski definition) is 8. The van der Waals surface area contributed by atoms with Crippen molar-refractivity contribution in [1.29, 1.82) is 0 Å². The Bertz CT molecular complexity index is 716. The van der Waals surface area contributed by atoms with Crippen molar-refractivity contribution in [1.82, 2.24) is 42.5 Å². The molecule has 8 atom stereocenters. The van der Waals surface area contributed by atoms with E-state index in [1.54, 1.807) is 0 Å². The Hall–Kier alpha value is 0.576. The molecule has 0 radical (unpaired) electrons. The predicted molar refractivity (Wildman–Crippen MR) is 166 cm³/mol. The second-order valence-corrected chi connectivity index (χ2v) is 15.6. The van der Waals surface area contributed by atoms with Crippen molar-refractivity contribution in [3.8, 4) is 0 Å². The van der Waals surface area contributed by atoms with E-state index >= 15 is 0 Å². The van der Waals surface area contributed by atoms with Gasteiger partial charge in [0, 0.05) is 0 Å². The molecule has 0 aromatic carbocycles. The molecule has 0 amide bonds. The molecule has 5 aliphatic heterocycles. The van der Waals surface area contributed by atoms with E-state index in [4.69, 9.17) is 0 Å². The first kappa shape index (κ1) is 29.0. The fourth-order valence-electron chi connectivity index (χ4n) is 12.0. The molecule has 4 aliphatic carbocycles. The summed E-state index contributed by atoms with van der Waals surface area (Å²) >= 11 is 0. The third-order valence-electron chi connectivity index (χ3n) is 13.8. The molecule has 9 heteroatoms. The van der Waals surface area contributed by atoms with Gasteiger partial charge in [-0.15, -0.1) is 0 Å². The average Bonchev–Trinajstić information content (AvgIpc) is 3.73. The van der Waals surface area contributed by atoms with E-state index in [2.05, 4.69) is 42.5 Å². The molecule has 232 valence electrons. The number of hydrogen-bond donors (Lipinski definition) is 8. The first-order chi connectivity index (χ1) is 19.8. The molecule has 8 N–H and O–H groups in total. The second kappa shape index (κ2) is 12.1. The van der Waals surface area contributed by atoms with Gasteiger partial charge in [-0.05, 0) is 98.7 Å². The van der Waals surface area contributed by atoms with Crippen LogP contribution in [0.3, 0.4) is 0 Å². The summed E-state index contributed by atoms with van der Waals surface area (Å²) < 4.78 is 0. The van der Waals surface area contributed by atoms with Crippen molar-refractivity contribution >= 4 is 26.6 Å². The molecule has 9 fully saturated rings. The molecular weight excluding hydrogens is 705 g/mol. The van der Waals surface area contributed by atoms with E-state index in [0.717, 1.165) is 47.3 Å². The molecule has 4 saturated carbocycles. The molecule has 8 nitrogen and oxygen atoms in total. The van der Waals surface area contributed by atoms with Crippen LogP contribution in [0.25, 0.3) is 0 Å². The zero-order chi connectivity index (χ0) is 26.2. The Morgan fingerprint density at radius 2 is 0.341 bits per heavy atom. The monoisotopic (exact) mass is 763 g/mol. The quantitative estimate of drug-likeness (QED) is 0.189. The summed E-state index contributed by atoms with van der Waals surface area (Å²) in [7, 11) is 0. The summed E-state index contributed by atoms with van der Waals surface area (Å²) in [4.78, 5) is 0. The van der Waals surface area contributed by atoms with Crippen LogP contribution in [-0.2, 0) is 0 Å². The molecule has 5 heterocycles. The van der Waals surface area contributed by atoms with Gasteiger partial charge in [0.2, 0.25) is 0 Å². The Morgan fingerprint density at radius 1 is 0.220 bits per heavy atom. The number of nitrogens with one attached hydrogen (secondary N) is 8. The van der Waals surface area contributed by atoms with Crippen molar-refractivity contribution in [2.24, 2.45) is 47.3 Å². The van der Waals surface area contributed by atoms with Crippen molar-refractivity contribution in [2.75, 3.05) is 0 Å².